The lowest BCUT2D eigenvalue weighted by Gasteiger charge is -2.26. The third kappa shape index (κ3) is 4.71. The monoisotopic (exact) mass is 394 g/mol. The molecule has 0 spiro atoms. The highest BCUT2D eigenvalue weighted by molar-refractivity contribution is 5.97. The van der Waals surface area contributed by atoms with Crippen LogP contribution in [0.4, 0.5) is 5.69 Å². The lowest BCUT2D eigenvalue weighted by molar-refractivity contribution is -0.116. The number of carbonyl (C=O) groups excluding carboxylic acids is 2. The molecule has 2 amide bonds. The summed E-state index contributed by atoms with van der Waals surface area (Å²) in [6.07, 6.45) is 5.28. The van der Waals surface area contributed by atoms with Gasteiger partial charge in [-0.25, -0.2) is 0 Å². The smallest absolute Gasteiger partial charge is 0.253 e. The average molecular weight is 394 g/mol. The summed E-state index contributed by atoms with van der Waals surface area (Å²) < 4.78 is 10.4. The van der Waals surface area contributed by atoms with Crippen LogP contribution in [0.2, 0.25) is 0 Å². The largest absolute Gasteiger partial charge is 0.461 e. The molecule has 29 heavy (non-hydrogen) atoms. The van der Waals surface area contributed by atoms with Gasteiger partial charge in [-0.1, -0.05) is 11.2 Å². The van der Waals surface area contributed by atoms with Crippen molar-refractivity contribution < 1.29 is 18.5 Å². The zero-order chi connectivity index (χ0) is 20.1. The lowest BCUT2D eigenvalue weighted by Crippen LogP contribution is -2.35. The molecule has 1 aromatic carbocycles. The summed E-state index contributed by atoms with van der Waals surface area (Å²) in [6, 6.07) is 10.5. The van der Waals surface area contributed by atoms with Crippen molar-refractivity contribution in [2.75, 3.05) is 18.4 Å². The van der Waals surface area contributed by atoms with Crippen LogP contribution in [0, 0.1) is 0 Å². The Balaban J connectivity index is 1.32. The van der Waals surface area contributed by atoms with Gasteiger partial charge in [0.15, 0.2) is 5.76 Å². The summed E-state index contributed by atoms with van der Waals surface area (Å²) in [6.45, 7) is 1.58. The number of anilines is 1. The van der Waals surface area contributed by atoms with E-state index in [4.69, 9.17) is 8.94 Å². The number of hydrogen-bond donors (Lipinski definition) is 1. The number of furan rings is 1. The molecule has 1 fully saturated rings. The molecule has 3 aromatic rings. The van der Waals surface area contributed by atoms with E-state index in [-0.39, 0.29) is 18.2 Å². The number of carbonyl (C=O) groups is 2. The first-order chi connectivity index (χ1) is 14.2. The van der Waals surface area contributed by atoms with E-state index in [0.717, 1.165) is 25.9 Å². The minimum atomic E-state index is -0.190. The number of likely N-dealkylation sites (tertiary alicyclic amines) is 1. The van der Waals surface area contributed by atoms with Crippen LogP contribution in [0.1, 0.15) is 41.9 Å². The first-order valence-electron chi connectivity index (χ1n) is 9.75. The Labute approximate surface area is 167 Å². The third-order valence-corrected chi connectivity index (χ3v) is 4.81. The fourth-order valence-electron chi connectivity index (χ4n) is 3.32. The summed E-state index contributed by atoms with van der Waals surface area (Å²) in [5, 5.41) is 6.67. The molecule has 0 aliphatic carbocycles. The molecular formula is C21H22N4O4. The number of rotatable bonds is 6. The number of hydrogen-bond acceptors (Lipinski definition) is 6. The van der Waals surface area contributed by atoms with Gasteiger partial charge in [0.2, 0.25) is 17.6 Å². The van der Waals surface area contributed by atoms with Crippen molar-refractivity contribution in [1.29, 1.82) is 0 Å². The second-order valence-corrected chi connectivity index (χ2v) is 6.97. The van der Waals surface area contributed by atoms with Crippen molar-refractivity contribution in [3.05, 3.63) is 54.1 Å². The number of piperidine rings is 1. The predicted octanol–water partition coefficient (Wildman–Crippen LogP) is 3.53. The molecule has 1 aliphatic rings. The molecule has 8 heteroatoms. The summed E-state index contributed by atoms with van der Waals surface area (Å²) in [5.41, 5.74) is 1.18. The number of nitrogens with zero attached hydrogens (tertiary/aromatic N) is 3. The molecule has 1 aliphatic heterocycles. The van der Waals surface area contributed by atoms with Gasteiger partial charge in [0.05, 0.1) is 6.26 Å². The number of amides is 2. The van der Waals surface area contributed by atoms with Gasteiger partial charge in [-0.05, 0) is 49.6 Å². The highest BCUT2D eigenvalue weighted by Crippen LogP contribution is 2.18. The maximum atomic E-state index is 12.6. The topological polar surface area (TPSA) is 101 Å². The van der Waals surface area contributed by atoms with Crippen molar-refractivity contribution in [1.82, 2.24) is 15.0 Å². The number of benzene rings is 1. The molecule has 0 bridgehead atoms. The summed E-state index contributed by atoms with van der Waals surface area (Å²) in [5.74, 6) is 1.05. The van der Waals surface area contributed by atoms with E-state index >= 15 is 0 Å². The van der Waals surface area contributed by atoms with Crippen molar-refractivity contribution in [2.24, 2.45) is 0 Å². The van der Waals surface area contributed by atoms with Crippen LogP contribution >= 0.6 is 0 Å². The third-order valence-electron chi connectivity index (χ3n) is 4.81. The van der Waals surface area contributed by atoms with Gasteiger partial charge in [-0.3, -0.25) is 9.59 Å². The molecule has 1 saturated heterocycles. The van der Waals surface area contributed by atoms with E-state index in [1.165, 1.54) is 12.7 Å². The molecule has 0 atom stereocenters. The first kappa shape index (κ1) is 18.9. The molecule has 0 saturated carbocycles. The van der Waals surface area contributed by atoms with Crippen LogP contribution in [0.25, 0.3) is 11.6 Å². The predicted molar refractivity (Wildman–Crippen MR) is 105 cm³/mol. The number of nitrogens with one attached hydrogen (secondary N) is 1. The van der Waals surface area contributed by atoms with Gasteiger partial charge in [0, 0.05) is 37.2 Å². The highest BCUT2D eigenvalue weighted by atomic mass is 16.5. The van der Waals surface area contributed by atoms with E-state index in [0.29, 0.717) is 35.1 Å². The maximum absolute atomic E-state index is 12.6. The fourth-order valence-corrected chi connectivity index (χ4v) is 3.32. The van der Waals surface area contributed by atoms with E-state index in [1.54, 1.807) is 36.4 Å². The summed E-state index contributed by atoms with van der Waals surface area (Å²) >= 11 is 0. The molecule has 0 unspecified atom stereocenters. The molecule has 3 heterocycles. The Morgan fingerprint density at radius 3 is 2.76 bits per heavy atom. The minimum Gasteiger partial charge on any atom is -0.461 e. The summed E-state index contributed by atoms with van der Waals surface area (Å²) in [7, 11) is 0. The lowest BCUT2D eigenvalue weighted by atomic mass is 10.1. The molecule has 4 rings (SSSR count). The molecule has 2 aromatic heterocycles. The van der Waals surface area contributed by atoms with Crippen molar-refractivity contribution >= 4 is 17.5 Å². The van der Waals surface area contributed by atoms with Crippen molar-refractivity contribution in [3.63, 3.8) is 0 Å². The number of aryl methyl sites for hydroxylation is 1. The van der Waals surface area contributed by atoms with Crippen LogP contribution < -0.4 is 5.32 Å². The van der Waals surface area contributed by atoms with Crippen LogP contribution in [-0.4, -0.2) is 39.9 Å². The highest BCUT2D eigenvalue weighted by Gasteiger charge is 2.18. The number of aromatic nitrogens is 2. The van der Waals surface area contributed by atoms with Crippen LogP contribution in [0.3, 0.4) is 0 Å². The van der Waals surface area contributed by atoms with Crippen LogP contribution in [-0.2, 0) is 11.2 Å². The minimum absolute atomic E-state index is 0.0112. The maximum Gasteiger partial charge on any atom is 0.253 e. The Morgan fingerprint density at radius 1 is 1.10 bits per heavy atom. The quantitative estimate of drug-likeness (QED) is 0.686. The summed E-state index contributed by atoms with van der Waals surface area (Å²) in [4.78, 5) is 31.0. The van der Waals surface area contributed by atoms with E-state index in [2.05, 4.69) is 15.5 Å². The Hall–Kier alpha value is -3.42. The molecular weight excluding hydrogens is 372 g/mol. The van der Waals surface area contributed by atoms with Gasteiger partial charge in [0.25, 0.3) is 5.91 Å². The average Bonchev–Trinajstić information content (AvgIpc) is 3.44. The molecule has 0 radical (unpaired) electrons. The van der Waals surface area contributed by atoms with E-state index in [9.17, 15) is 9.59 Å². The van der Waals surface area contributed by atoms with E-state index in [1.807, 2.05) is 4.90 Å². The Morgan fingerprint density at radius 2 is 1.97 bits per heavy atom. The fraction of sp³-hybridized carbons (Fsp3) is 0.333. The van der Waals surface area contributed by atoms with Crippen molar-refractivity contribution in [2.45, 2.75) is 32.1 Å². The zero-order valence-electron chi connectivity index (χ0n) is 16.0. The Bertz CT molecular complexity index is 974. The van der Waals surface area contributed by atoms with Gasteiger partial charge in [-0.2, -0.15) is 4.98 Å². The van der Waals surface area contributed by atoms with Gasteiger partial charge < -0.3 is 19.2 Å². The molecule has 150 valence electrons. The van der Waals surface area contributed by atoms with Gasteiger partial charge in [0.1, 0.15) is 0 Å². The molecule has 8 nitrogen and oxygen atoms in total. The van der Waals surface area contributed by atoms with Crippen molar-refractivity contribution in [3.8, 4) is 11.6 Å². The van der Waals surface area contributed by atoms with Gasteiger partial charge in [-0.15, -0.1) is 0 Å². The molecule has 1 N–H and O–H groups in total. The second-order valence-electron chi connectivity index (χ2n) is 6.97. The standard InChI is InChI=1S/C21H22N4O4/c26-18(9-10-19-23-20(24-29-19)17-8-5-13-28-17)22-16-7-4-6-15(14-16)21(27)25-11-2-1-3-12-25/h4-8,13-14H,1-3,9-12H2,(H,22,26). The normalized spacial score (nSPS) is 14.0. The second kappa shape index (κ2) is 8.72. The van der Waals surface area contributed by atoms with E-state index < -0.39 is 0 Å². The van der Waals surface area contributed by atoms with Gasteiger partial charge >= 0.3 is 0 Å². The van der Waals surface area contributed by atoms with Crippen LogP contribution in [0.15, 0.2) is 51.6 Å². The Kier molecular flexibility index (Phi) is 5.69. The SMILES string of the molecule is O=C(CCc1nc(-c2ccco2)no1)Nc1cccc(C(=O)N2CCCCC2)c1. The zero-order valence-corrected chi connectivity index (χ0v) is 16.0. The van der Waals surface area contributed by atoms with Crippen LogP contribution in [0.5, 0.6) is 0 Å². The first-order valence-corrected chi connectivity index (χ1v) is 9.75.